The first-order chi connectivity index (χ1) is 10.5. The van der Waals surface area contributed by atoms with Crippen LogP contribution in [-0.4, -0.2) is 22.3 Å². The van der Waals surface area contributed by atoms with E-state index < -0.39 is 0 Å². The molecule has 6 heteroatoms. The van der Waals surface area contributed by atoms with Crippen LogP contribution in [0.5, 0.6) is 0 Å². The molecule has 1 aromatic carbocycles. The van der Waals surface area contributed by atoms with Gasteiger partial charge in [0.15, 0.2) is 0 Å². The van der Waals surface area contributed by atoms with Crippen LogP contribution in [-0.2, 0) is 6.42 Å². The summed E-state index contributed by atoms with van der Waals surface area (Å²) in [6.07, 6.45) is 0.709. The number of hydrogen-bond acceptors (Lipinski definition) is 4. The van der Waals surface area contributed by atoms with Gasteiger partial charge in [-0.05, 0) is 37.1 Å². The summed E-state index contributed by atoms with van der Waals surface area (Å²) in [5.74, 6) is 1.49. The maximum absolute atomic E-state index is 11.9. The molecule has 0 radical (unpaired) electrons. The second-order valence-corrected chi connectivity index (χ2v) is 5.56. The Morgan fingerprint density at radius 2 is 1.86 bits per heavy atom. The molecule has 1 heterocycles. The highest BCUT2D eigenvalue weighted by Gasteiger charge is 2.11. The SMILES string of the molecule is CCc1nnc(-c2ccc(NC(=O)N[C@@H](C)C(C)C)cc2)o1. The molecule has 6 nitrogen and oxygen atoms in total. The monoisotopic (exact) mass is 302 g/mol. The number of rotatable bonds is 5. The van der Waals surface area contributed by atoms with E-state index in [-0.39, 0.29) is 12.1 Å². The zero-order valence-corrected chi connectivity index (χ0v) is 13.4. The summed E-state index contributed by atoms with van der Waals surface area (Å²) in [5.41, 5.74) is 1.54. The highest BCUT2D eigenvalue weighted by molar-refractivity contribution is 5.89. The Bertz CT molecular complexity index is 619. The predicted molar refractivity (Wildman–Crippen MR) is 85.6 cm³/mol. The van der Waals surface area contributed by atoms with E-state index in [0.717, 1.165) is 5.56 Å². The summed E-state index contributed by atoms with van der Waals surface area (Å²) in [4.78, 5) is 11.9. The Balaban J connectivity index is 1.98. The third-order valence-electron chi connectivity index (χ3n) is 3.52. The molecule has 0 aliphatic rings. The van der Waals surface area contributed by atoms with Crippen molar-refractivity contribution >= 4 is 11.7 Å². The standard InChI is InChI=1S/C16H22N4O2/c1-5-14-19-20-15(22-14)12-6-8-13(9-7-12)18-16(21)17-11(4)10(2)3/h6-11H,5H2,1-4H3,(H2,17,18,21)/t11-/m0/s1. The molecule has 0 fully saturated rings. The average molecular weight is 302 g/mol. The lowest BCUT2D eigenvalue weighted by Crippen LogP contribution is -2.38. The number of aryl methyl sites for hydroxylation is 1. The number of nitrogens with zero attached hydrogens (tertiary/aromatic N) is 2. The van der Waals surface area contributed by atoms with Crippen molar-refractivity contribution < 1.29 is 9.21 Å². The van der Waals surface area contributed by atoms with E-state index in [4.69, 9.17) is 4.42 Å². The van der Waals surface area contributed by atoms with Gasteiger partial charge in [0.1, 0.15) is 0 Å². The van der Waals surface area contributed by atoms with Crippen molar-refractivity contribution in [2.24, 2.45) is 5.92 Å². The van der Waals surface area contributed by atoms with Crippen molar-refractivity contribution in [3.05, 3.63) is 30.2 Å². The lowest BCUT2D eigenvalue weighted by atomic mass is 10.1. The molecule has 2 N–H and O–H groups in total. The number of urea groups is 1. The number of benzene rings is 1. The molecule has 0 spiro atoms. The first-order valence-electron chi connectivity index (χ1n) is 7.50. The van der Waals surface area contributed by atoms with Gasteiger partial charge >= 0.3 is 6.03 Å². The van der Waals surface area contributed by atoms with Gasteiger partial charge in [0.2, 0.25) is 11.8 Å². The van der Waals surface area contributed by atoms with Crippen molar-refractivity contribution in [1.29, 1.82) is 0 Å². The van der Waals surface area contributed by atoms with Crippen molar-refractivity contribution in [1.82, 2.24) is 15.5 Å². The molecule has 1 atom stereocenters. The van der Waals surface area contributed by atoms with Gasteiger partial charge in [-0.25, -0.2) is 4.79 Å². The van der Waals surface area contributed by atoms with E-state index in [2.05, 4.69) is 34.7 Å². The summed E-state index contributed by atoms with van der Waals surface area (Å²) in [6.45, 7) is 8.07. The van der Waals surface area contributed by atoms with E-state index >= 15 is 0 Å². The number of hydrogen-bond donors (Lipinski definition) is 2. The van der Waals surface area contributed by atoms with Gasteiger partial charge in [-0.15, -0.1) is 10.2 Å². The largest absolute Gasteiger partial charge is 0.421 e. The number of nitrogens with one attached hydrogen (secondary N) is 2. The minimum Gasteiger partial charge on any atom is -0.421 e. The molecule has 0 saturated heterocycles. The Hall–Kier alpha value is -2.37. The molecule has 0 unspecified atom stereocenters. The topological polar surface area (TPSA) is 80.0 Å². The Kier molecular flexibility index (Phi) is 5.14. The average Bonchev–Trinajstić information content (AvgIpc) is 2.96. The lowest BCUT2D eigenvalue weighted by Gasteiger charge is -2.17. The maximum atomic E-state index is 11.9. The molecule has 0 aliphatic carbocycles. The van der Waals surface area contributed by atoms with Crippen LogP contribution in [0.3, 0.4) is 0 Å². The second kappa shape index (κ2) is 7.06. The van der Waals surface area contributed by atoms with E-state index in [1.807, 2.05) is 38.1 Å². The highest BCUT2D eigenvalue weighted by atomic mass is 16.4. The molecule has 0 saturated carbocycles. The maximum Gasteiger partial charge on any atom is 0.319 e. The molecule has 0 bridgehead atoms. The molecule has 2 rings (SSSR count). The summed E-state index contributed by atoms with van der Waals surface area (Å²) in [6, 6.07) is 7.21. The van der Waals surface area contributed by atoms with Gasteiger partial charge in [0.05, 0.1) is 0 Å². The fraction of sp³-hybridized carbons (Fsp3) is 0.438. The summed E-state index contributed by atoms with van der Waals surface area (Å²) in [7, 11) is 0. The Morgan fingerprint density at radius 3 is 2.41 bits per heavy atom. The molecule has 118 valence electrons. The summed E-state index contributed by atoms with van der Waals surface area (Å²) >= 11 is 0. The summed E-state index contributed by atoms with van der Waals surface area (Å²) in [5, 5.41) is 13.6. The van der Waals surface area contributed by atoms with Crippen LogP contribution >= 0.6 is 0 Å². The molecule has 2 aromatic rings. The Labute approximate surface area is 130 Å². The van der Waals surface area contributed by atoms with Gasteiger partial charge < -0.3 is 15.1 Å². The minimum atomic E-state index is -0.208. The fourth-order valence-electron chi connectivity index (χ4n) is 1.75. The molecule has 2 amide bonds. The molecule has 0 aliphatic heterocycles. The van der Waals surface area contributed by atoms with Crippen LogP contribution < -0.4 is 10.6 Å². The first kappa shape index (κ1) is 16.0. The number of aromatic nitrogens is 2. The van der Waals surface area contributed by atoms with Gasteiger partial charge in [-0.2, -0.15) is 0 Å². The number of carbonyl (C=O) groups is 1. The van der Waals surface area contributed by atoms with Gasteiger partial charge in [-0.1, -0.05) is 20.8 Å². The molecule has 1 aromatic heterocycles. The van der Waals surface area contributed by atoms with Crippen LogP contribution in [0.2, 0.25) is 0 Å². The highest BCUT2D eigenvalue weighted by Crippen LogP contribution is 2.20. The van der Waals surface area contributed by atoms with Crippen LogP contribution in [0, 0.1) is 5.92 Å². The minimum absolute atomic E-state index is 0.116. The third kappa shape index (κ3) is 4.07. The quantitative estimate of drug-likeness (QED) is 0.886. The number of carbonyl (C=O) groups excluding carboxylic acids is 1. The van der Waals surface area contributed by atoms with Crippen molar-refractivity contribution in [3.8, 4) is 11.5 Å². The first-order valence-corrected chi connectivity index (χ1v) is 7.50. The normalized spacial score (nSPS) is 12.2. The van der Waals surface area contributed by atoms with E-state index in [9.17, 15) is 4.79 Å². The number of anilines is 1. The third-order valence-corrected chi connectivity index (χ3v) is 3.52. The van der Waals surface area contributed by atoms with E-state index in [1.165, 1.54) is 0 Å². The van der Waals surface area contributed by atoms with Crippen LogP contribution in [0.4, 0.5) is 10.5 Å². The predicted octanol–water partition coefficient (Wildman–Crippen LogP) is 3.47. The zero-order valence-electron chi connectivity index (χ0n) is 13.4. The Morgan fingerprint density at radius 1 is 1.18 bits per heavy atom. The molecule has 22 heavy (non-hydrogen) atoms. The van der Waals surface area contributed by atoms with Gasteiger partial charge in [0.25, 0.3) is 0 Å². The fourth-order valence-corrected chi connectivity index (χ4v) is 1.75. The van der Waals surface area contributed by atoms with Crippen LogP contribution in [0.1, 0.15) is 33.6 Å². The van der Waals surface area contributed by atoms with E-state index in [1.54, 1.807) is 0 Å². The van der Waals surface area contributed by atoms with Crippen molar-refractivity contribution in [2.75, 3.05) is 5.32 Å². The van der Waals surface area contributed by atoms with Gasteiger partial charge in [-0.3, -0.25) is 0 Å². The van der Waals surface area contributed by atoms with Crippen LogP contribution in [0.25, 0.3) is 11.5 Å². The van der Waals surface area contributed by atoms with E-state index in [0.29, 0.717) is 29.8 Å². The second-order valence-electron chi connectivity index (χ2n) is 5.56. The van der Waals surface area contributed by atoms with Crippen LogP contribution in [0.15, 0.2) is 28.7 Å². The molecular formula is C16H22N4O2. The summed E-state index contributed by atoms with van der Waals surface area (Å²) < 4.78 is 5.50. The smallest absolute Gasteiger partial charge is 0.319 e. The zero-order chi connectivity index (χ0) is 16.1. The molecular weight excluding hydrogens is 280 g/mol. The van der Waals surface area contributed by atoms with Crippen molar-refractivity contribution in [2.45, 2.75) is 40.2 Å². The van der Waals surface area contributed by atoms with Gasteiger partial charge in [0, 0.05) is 23.7 Å². The number of amides is 2. The van der Waals surface area contributed by atoms with Crippen molar-refractivity contribution in [3.63, 3.8) is 0 Å². The lowest BCUT2D eigenvalue weighted by molar-refractivity contribution is 0.246.